The molecule has 5 rings (SSSR count). The third-order valence-electron chi connectivity index (χ3n) is 4.57. The molecule has 0 bridgehead atoms. The molecular weight excluding hydrogens is 278 g/mol. The molecule has 0 unspecified atom stereocenters. The first-order valence-corrected chi connectivity index (χ1v) is 7.89. The second kappa shape index (κ2) is 4.72. The Balaban J connectivity index is 1.97. The number of hydrogen-bond donors (Lipinski definition) is 1. The molecule has 0 saturated carbocycles. The quantitative estimate of drug-likeness (QED) is 0.357. The highest BCUT2D eigenvalue weighted by Crippen LogP contribution is 2.37. The molecule has 0 spiro atoms. The lowest BCUT2D eigenvalue weighted by Gasteiger charge is -2.10. The number of hydrogen-bond acceptors (Lipinski definition) is 0. The number of nitrogens with one attached hydrogen (secondary N) is 1. The van der Waals surface area contributed by atoms with E-state index in [9.17, 15) is 0 Å². The summed E-state index contributed by atoms with van der Waals surface area (Å²) in [6.07, 6.45) is 0. The molecule has 0 saturated heterocycles. The molecule has 0 radical (unpaired) electrons. The van der Waals surface area contributed by atoms with Crippen molar-refractivity contribution >= 4 is 32.4 Å². The van der Waals surface area contributed by atoms with Gasteiger partial charge in [-0.1, -0.05) is 66.7 Å². The van der Waals surface area contributed by atoms with Crippen molar-refractivity contribution in [3.8, 4) is 11.3 Å². The number of benzene rings is 4. The zero-order valence-corrected chi connectivity index (χ0v) is 12.6. The van der Waals surface area contributed by atoms with Crippen LogP contribution in [-0.2, 0) is 0 Å². The van der Waals surface area contributed by atoms with Gasteiger partial charge in [0.25, 0.3) is 0 Å². The van der Waals surface area contributed by atoms with Gasteiger partial charge in [-0.25, -0.2) is 0 Å². The van der Waals surface area contributed by atoms with Gasteiger partial charge in [-0.2, -0.15) is 0 Å². The topological polar surface area (TPSA) is 15.8 Å². The molecule has 23 heavy (non-hydrogen) atoms. The molecule has 0 aliphatic carbocycles. The third-order valence-corrected chi connectivity index (χ3v) is 4.57. The number of fused-ring (bicyclic) bond motifs is 3. The van der Waals surface area contributed by atoms with E-state index >= 15 is 0 Å². The molecule has 0 aliphatic rings. The molecule has 0 fully saturated rings. The molecular formula is C22H15N. The smallest absolute Gasteiger partial charge is 0.0477 e. The van der Waals surface area contributed by atoms with Crippen molar-refractivity contribution in [1.82, 2.24) is 4.98 Å². The molecule has 1 heteroatoms. The summed E-state index contributed by atoms with van der Waals surface area (Å²) in [5.41, 5.74) is 3.65. The van der Waals surface area contributed by atoms with Crippen LogP contribution in [0.4, 0.5) is 0 Å². The van der Waals surface area contributed by atoms with E-state index in [1.807, 2.05) is 0 Å². The zero-order chi connectivity index (χ0) is 15.2. The minimum atomic E-state index is 1.18. The summed E-state index contributed by atoms with van der Waals surface area (Å²) < 4.78 is 0. The van der Waals surface area contributed by atoms with Crippen LogP contribution in [0.25, 0.3) is 43.7 Å². The predicted octanol–water partition coefficient (Wildman–Crippen LogP) is 6.14. The Hall–Kier alpha value is -3.06. The van der Waals surface area contributed by atoms with Crippen LogP contribution < -0.4 is 0 Å². The lowest BCUT2D eigenvalue weighted by atomic mass is 9.95. The van der Waals surface area contributed by atoms with Crippen molar-refractivity contribution in [2.75, 3.05) is 0 Å². The highest BCUT2D eigenvalue weighted by atomic mass is 14.7. The fraction of sp³-hybridized carbons (Fsp3) is 0. The normalized spacial score (nSPS) is 11.5. The van der Waals surface area contributed by atoms with Crippen LogP contribution in [0.2, 0.25) is 0 Å². The second-order valence-electron chi connectivity index (χ2n) is 5.96. The third kappa shape index (κ3) is 1.87. The van der Waals surface area contributed by atoms with Crippen LogP contribution in [-0.4, -0.2) is 4.98 Å². The Morgan fingerprint density at radius 2 is 1.09 bits per heavy atom. The highest BCUT2D eigenvalue weighted by molar-refractivity contribution is 6.13. The summed E-state index contributed by atoms with van der Waals surface area (Å²) in [5.74, 6) is 0. The Labute approximate surface area is 134 Å². The van der Waals surface area contributed by atoms with Crippen LogP contribution in [0.5, 0.6) is 0 Å². The molecule has 0 aliphatic heterocycles. The number of H-pyrrole nitrogens is 1. The van der Waals surface area contributed by atoms with Gasteiger partial charge in [-0.15, -0.1) is 0 Å². The summed E-state index contributed by atoms with van der Waals surface area (Å²) in [6, 6.07) is 30.2. The van der Waals surface area contributed by atoms with E-state index in [0.717, 1.165) is 0 Å². The predicted molar refractivity (Wildman–Crippen MR) is 98.7 cm³/mol. The summed E-state index contributed by atoms with van der Waals surface area (Å²) in [4.78, 5) is 3.60. The SMILES string of the molecule is c1ccc2[nH]c(-c3c4ccccc4cc4ccccc34)cc2c1. The van der Waals surface area contributed by atoms with E-state index in [2.05, 4.69) is 89.9 Å². The maximum absolute atomic E-state index is 3.60. The summed E-state index contributed by atoms with van der Waals surface area (Å²) in [6.45, 7) is 0. The standard InChI is InChI=1S/C22H15N/c1-4-10-18-15(7-1)13-16-8-2-5-11-19(16)22(18)21-14-17-9-3-6-12-20(17)23-21/h1-14,23H. The molecule has 0 atom stereocenters. The van der Waals surface area contributed by atoms with E-state index in [-0.39, 0.29) is 0 Å². The number of rotatable bonds is 1. The number of aromatic amines is 1. The minimum absolute atomic E-state index is 1.18. The van der Waals surface area contributed by atoms with Gasteiger partial charge in [-0.3, -0.25) is 0 Å². The maximum Gasteiger partial charge on any atom is 0.0477 e. The largest absolute Gasteiger partial charge is 0.354 e. The lowest BCUT2D eigenvalue weighted by Crippen LogP contribution is -1.85. The minimum Gasteiger partial charge on any atom is -0.354 e. The van der Waals surface area contributed by atoms with E-state index < -0.39 is 0 Å². The zero-order valence-electron chi connectivity index (χ0n) is 12.6. The van der Waals surface area contributed by atoms with Gasteiger partial charge < -0.3 is 4.98 Å². The van der Waals surface area contributed by atoms with Gasteiger partial charge in [0.1, 0.15) is 0 Å². The van der Waals surface area contributed by atoms with Gasteiger partial charge in [0.05, 0.1) is 0 Å². The molecule has 1 N–H and O–H groups in total. The van der Waals surface area contributed by atoms with Crippen molar-refractivity contribution in [3.05, 3.63) is 84.9 Å². The van der Waals surface area contributed by atoms with Crippen LogP contribution >= 0.6 is 0 Å². The van der Waals surface area contributed by atoms with Gasteiger partial charge in [0, 0.05) is 22.2 Å². The van der Waals surface area contributed by atoms with Crippen molar-refractivity contribution in [2.24, 2.45) is 0 Å². The Morgan fingerprint density at radius 1 is 0.522 bits per heavy atom. The molecule has 1 nitrogen and oxygen atoms in total. The molecule has 5 aromatic rings. The number of aromatic nitrogens is 1. The van der Waals surface area contributed by atoms with E-state index in [4.69, 9.17) is 0 Å². The lowest BCUT2D eigenvalue weighted by molar-refractivity contribution is 1.47. The molecule has 4 aromatic carbocycles. The fourth-order valence-corrected chi connectivity index (χ4v) is 3.51. The molecule has 0 amide bonds. The fourth-order valence-electron chi connectivity index (χ4n) is 3.51. The number of para-hydroxylation sites is 1. The average molecular weight is 293 g/mol. The first kappa shape index (κ1) is 12.5. The summed E-state index contributed by atoms with van der Waals surface area (Å²) in [5, 5.41) is 6.38. The van der Waals surface area contributed by atoms with Gasteiger partial charge in [0.15, 0.2) is 0 Å². The molecule has 108 valence electrons. The van der Waals surface area contributed by atoms with Crippen LogP contribution in [0.15, 0.2) is 84.9 Å². The van der Waals surface area contributed by atoms with Crippen LogP contribution in [0.3, 0.4) is 0 Å². The molecule has 1 heterocycles. The first-order chi connectivity index (χ1) is 11.4. The second-order valence-corrected chi connectivity index (χ2v) is 5.96. The first-order valence-electron chi connectivity index (χ1n) is 7.89. The molecule has 1 aromatic heterocycles. The van der Waals surface area contributed by atoms with Crippen molar-refractivity contribution in [3.63, 3.8) is 0 Å². The average Bonchev–Trinajstić information content (AvgIpc) is 3.03. The van der Waals surface area contributed by atoms with Gasteiger partial charge >= 0.3 is 0 Å². The van der Waals surface area contributed by atoms with E-state index in [0.29, 0.717) is 0 Å². The monoisotopic (exact) mass is 293 g/mol. The summed E-state index contributed by atoms with van der Waals surface area (Å²) in [7, 11) is 0. The van der Waals surface area contributed by atoms with Crippen molar-refractivity contribution in [1.29, 1.82) is 0 Å². The Bertz CT molecular complexity index is 1080. The highest BCUT2D eigenvalue weighted by Gasteiger charge is 2.11. The van der Waals surface area contributed by atoms with Crippen molar-refractivity contribution in [2.45, 2.75) is 0 Å². The van der Waals surface area contributed by atoms with Crippen LogP contribution in [0, 0.1) is 0 Å². The van der Waals surface area contributed by atoms with E-state index in [1.165, 1.54) is 43.7 Å². The van der Waals surface area contributed by atoms with Gasteiger partial charge in [-0.05, 0) is 39.7 Å². The maximum atomic E-state index is 3.60. The van der Waals surface area contributed by atoms with Crippen LogP contribution in [0.1, 0.15) is 0 Å². The Kier molecular flexibility index (Phi) is 2.56. The Morgan fingerprint density at radius 3 is 1.74 bits per heavy atom. The van der Waals surface area contributed by atoms with Crippen molar-refractivity contribution < 1.29 is 0 Å². The van der Waals surface area contributed by atoms with Gasteiger partial charge in [0.2, 0.25) is 0 Å². The van der Waals surface area contributed by atoms with E-state index in [1.54, 1.807) is 0 Å². The summed E-state index contributed by atoms with van der Waals surface area (Å²) >= 11 is 0.